The summed E-state index contributed by atoms with van der Waals surface area (Å²) in [6.07, 6.45) is 1.75. The second-order valence-corrected chi connectivity index (χ2v) is 8.10. The molecule has 0 aliphatic rings. The third kappa shape index (κ3) is 2.96. The van der Waals surface area contributed by atoms with E-state index in [1.54, 1.807) is 23.6 Å². The van der Waals surface area contributed by atoms with Gasteiger partial charge in [0.05, 0.1) is 10.2 Å². The van der Waals surface area contributed by atoms with E-state index in [2.05, 4.69) is 40.8 Å². The lowest BCUT2D eigenvalue weighted by Gasteiger charge is -2.03. The lowest BCUT2D eigenvalue weighted by molar-refractivity contribution is 0.102. The number of nitrogens with one attached hydrogen (secondary N) is 1. The topological polar surface area (TPSA) is 59.8 Å². The van der Waals surface area contributed by atoms with Crippen molar-refractivity contribution in [2.24, 2.45) is 0 Å². The summed E-state index contributed by atoms with van der Waals surface area (Å²) in [5, 5.41) is 4.38. The molecule has 1 amide bonds. The van der Waals surface area contributed by atoms with Crippen LogP contribution in [-0.4, -0.2) is 20.4 Å². The van der Waals surface area contributed by atoms with Crippen molar-refractivity contribution in [1.82, 2.24) is 14.5 Å². The first kappa shape index (κ1) is 16.0. The van der Waals surface area contributed by atoms with Gasteiger partial charge in [-0.1, -0.05) is 11.3 Å². The Balaban J connectivity index is 1.67. The quantitative estimate of drug-likeness (QED) is 0.569. The highest BCUT2D eigenvalue weighted by Crippen LogP contribution is 2.28. The van der Waals surface area contributed by atoms with Crippen LogP contribution in [0.4, 0.5) is 5.13 Å². The number of hydrogen-bond acceptors (Lipinski definition) is 5. The van der Waals surface area contributed by atoms with Crippen LogP contribution in [0.15, 0.2) is 36.5 Å². The Morgan fingerprint density at radius 1 is 1.08 bits per heavy atom. The highest BCUT2D eigenvalue weighted by molar-refractivity contribution is 7.20. The Kier molecular flexibility index (Phi) is 3.89. The molecule has 1 aromatic carbocycles. The van der Waals surface area contributed by atoms with Crippen LogP contribution >= 0.6 is 22.7 Å². The number of carbonyl (C=O) groups excluding carboxylic acids is 1. The number of rotatable bonds is 3. The van der Waals surface area contributed by atoms with Gasteiger partial charge in [0, 0.05) is 28.0 Å². The molecule has 0 atom stereocenters. The summed E-state index contributed by atoms with van der Waals surface area (Å²) in [6, 6.07) is 9.75. The molecule has 0 saturated heterocycles. The molecule has 1 N–H and O–H groups in total. The maximum Gasteiger partial charge on any atom is 0.257 e. The molecular weight excluding hydrogens is 352 g/mol. The molecule has 0 radical (unpaired) electrons. The molecule has 0 saturated carbocycles. The molecule has 0 spiro atoms. The van der Waals surface area contributed by atoms with Crippen molar-refractivity contribution >= 4 is 43.9 Å². The van der Waals surface area contributed by atoms with Crippen molar-refractivity contribution < 1.29 is 4.79 Å². The van der Waals surface area contributed by atoms with Gasteiger partial charge in [-0.05, 0) is 51.1 Å². The summed E-state index contributed by atoms with van der Waals surface area (Å²) in [4.78, 5) is 22.4. The lowest BCUT2D eigenvalue weighted by Crippen LogP contribution is -2.11. The zero-order chi connectivity index (χ0) is 17.6. The first-order valence-corrected chi connectivity index (χ1v) is 9.44. The van der Waals surface area contributed by atoms with E-state index in [1.807, 2.05) is 19.1 Å². The first-order chi connectivity index (χ1) is 12.0. The van der Waals surface area contributed by atoms with Gasteiger partial charge in [-0.25, -0.2) is 9.97 Å². The highest BCUT2D eigenvalue weighted by atomic mass is 32.1. The van der Waals surface area contributed by atoms with Crippen molar-refractivity contribution in [3.8, 4) is 5.13 Å². The van der Waals surface area contributed by atoms with Crippen LogP contribution in [0.1, 0.15) is 26.6 Å². The van der Waals surface area contributed by atoms with Gasteiger partial charge in [0.25, 0.3) is 5.91 Å². The van der Waals surface area contributed by atoms with Gasteiger partial charge in [0.15, 0.2) is 10.3 Å². The second-order valence-electron chi connectivity index (χ2n) is 5.86. The third-order valence-corrected chi connectivity index (χ3v) is 5.78. The molecular formula is C18H16N4OS2. The van der Waals surface area contributed by atoms with Gasteiger partial charge < -0.3 is 0 Å². The van der Waals surface area contributed by atoms with Crippen molar-refractivity contribution in [3.63, 3.8) is 0 Å². The predicted octanol–water partition coefficient (Wildman–Crippen LogP) is 4.72. The van der Waals surface area contributed by atoms with E-state index in [0.29, 0.717) is 10.7 Å². The molecule has 25 heavy (non-hydrogen) atoms. The Labute approximate surface area is 153 Å². The molecule has 3 heterocycles. The fourth-order valence-electron chi connectivity index (χ4n) is 2.70. The molecule has 3 aromatic heterocycles. The van der Waals surface area contributed by atoms with Gasteiger partial charge in [0.2, 0.25) is 0 Å². The van der Waals surface area contributed by atoms with Gasteiger partial charge in [-0.15, -0.1) is 11.3 Å². The Hall–Kier alpha value is -2.51. The number of amides is 1. The van der Waals surface area contributed by atoms with Crippen LogP contribution in [0.3, 0.4) is 0 Å². The van der Waals surface area contributed by atoms with Crippen LogP contribution in [-0.2, 0) is 0 Å². The van der Waals surface area contributed by atoms with Gasteiger partial charge in [-0.2, -0.15) is 0 Å². The van der Waals surface area contributed by atoms with Crippen molar-refractivity contribution in [3.05, 3.63) is 58.4 Å². The number of carbonyl (C=O) groups is 1. The molecule has 0 fully saturated rings. The van der Waals surface area contributed by atoms with E-state index in [9.17, 15) is 4.79 Å². The van der Waals surface area contributed by atoms with E-state index in [-0.39, 0.29) is 5.91 Å². The Bertz CT molecular complexity index is 1070. The molecule has 4 rings (SSSR count). The smallest absolute Gasteiger partial charge is 0.257 e. The van der Waals surface area contributed by atoms with Gasteiger partial charge in [0.1, 0.15) is 0 Å². The molecule has 0 aliphatic heterocycles. The molecule has 126 valence electrons. The average molecular weight is 368 g/mol. The van der Waals surface area contributed by atoms with E-state index in [1.165, 1.54) is 11.3 Å². The summed E-state index contributed by atoms with van der Waals surface area (Å²) >= 11 is 3.05. The van der Waals surface area contributed by atoms with E-state index >= 15 is 0 Å². The number of hydrogen-bond donors (Lipinski definition) is 1. The van der Waals surface area contributed by atoms with E-state index in [4.69, 9.17) is 4.98 Å². The zero-order valence-corrected chi connectivity index (χ0v) is 15.7. The predicted molar refractivity (Wildman–Crippen MR) is 103 cm³/mol. The SMILES string of the molecule is Cc1cnc(NC(=O)c2ccc3nc(-n4c(C)ccc4C)sc3c2)s1. The van der Waals surface area contributed by atoms with Gasteiger partial charge in [-0.3, -0.25) is 14.7 Å². The van der Waals surface area contributed by atoms with E-state index < -0.39 is 0 Å². The number of fused-ring (bicyclic) bond motifs is 1. The minimum absolute atomic E-state index is 0.153. The number of benzene rings is 1. The zero-order valence-electron chi connectivity index (χ0n) is 14.0. The largest absolute Gasteiger partial charge is 0.298 e. The van der Waals surface area contributed by atoms with E-state index in [0.717, 1.165) is 31.6 Å². The number of aryl methyl sites for hydroxylation is 3. The lowest BCUT2D eigenvalue weighted by atomic mass is 10.2. The summed E-state index contributed by atoms with van der Waals surface area (Å²) in [5.41, 5.74) is 3.80. The number of anilines is 1. The first-order valence-electron chi connectivity index (χ1n) is 7.81. The van der Waals surface area contributed by atoms with Crippen molar-refractivity contribution in [2.75, 3.05) is 5.32 Å². The third-order valence-electron chi connectivity index (χ3n) is 3.94. The summed E-state index contributed by atoms with van der Waals surface area (Å²) < 4.78 is 3.12. The maximum atomic E-state index is 12.4. The molecule has 5 nitrogen and oxygen atoms in total. The molecule has 7 heteroatoms. The van der Waals surface area contributed by atoms with Crippen LogP contribution < -0.4 is 5.32 Å². The second kappa shape index (κ2) is 6.09. The van der Waals surface area contributed by atoms with Crippen molar-refractivity contribution in [2.45, 2.75) is 20.8 Å². The standard InChI is InChI=1S/C18H16N4OS2/c1-10-4-5-11(2)22(10)18-20-14-7-6-13(8-15(14)25-18)16(23)21-17-19-9-12(3)24-17/h4-9H,1-3H3,(H,19,21,23). The molecule has 0 unspecified atom stereocenters. The summed E-state index contributed by atoms with van der Waals surface area (Å²) in [5.74, 6) is -0.153. The van der Waals surface area contributed by atoms with Crippen molar-refractivity contribution in [1.29, 1.82) is 0 Å². The van der Waals surface area contributed by atoms with Crippen LogP contribution in [0.2, 0.25) is 0 Å². The normalized spacial score (nSPS) is 11.2. The fraction of sp³-hybridized carbons (Fsp3) is 0.167. The average Bonchev–Trinajstić information content (AvgIpc) is 3.25. The summed E-state index contributed by atoms with van der Waals surface area (Å²) in [7, 11) is 0. The Morgan fingerprint density at radius 3 is 2.52 bits per heavy atom. The number of thiazole rings is 2. The summed E-state index contributed by atoms with van der Waals surface area (Å²) in [6.45, 7) is 6.09. The molecule has 0 aliphatic carbocycles. The van der Waals surface area contributed by atoms with Crippen LogP contribution in [0, 0.1) is 20.8 Å². The monoisotopic (exact) mass is 368 g/mol. The number of aromatic nitrogens is 3. The number of nitrogens with zero attached hydrogens (tertiary/aromatic N) is 3. The highest BCUT2D eigenvalue weighted by Gasteiger charge is 2.13. The fourth-order valence-corrected chi connectivity index (χ4v) is 4.48. The minimum atomic E-state index is -0.153. The molecule has 4 aromatic rings. The Morgan fingerprint density at radius 2 is 1.84 bits per heavy atom. The van der Waals surface area contributed by atoms with Crippen LogP contribution in [0.25, 0.3) is 15.3 Å². The maximum absolute atomic E-state index is 12.4. The molecule has 0 bridgehead atoms. The minimum Gasteiger partial charge on any atom is -0.298 e. The van der Waals surface area contributed by atoms with Crippen LogP contribution in [0.5, 0.6) is 0 Å². The van der Waals surface area contributed by atoms with Gasteiger partial charge >= 0.3 is 0 Å².